The molecule has 0 unspecified atom stereocenters. The van der Waals surface area contributed by atoms with E-state index in [0.717, 1.165) is 57.1 Å². The van der Waals surface area contributed by atoms with Crippen LogP contribution in [-0.2, 0) is 11.3 Å². The van der Waals surface area contributed by atoms with Crippen LogP contribution in [0.4, 0.5) is 5.69 Å². The number of benzene rings is 2. The Morgan fingerprint density at radius 2 is 1.64 bits per heavy atom. The van der Waals surface area contributed by atoms with Crippen LogP contribution in [0.3, 0.4) is 0 Å². The van der Waals surface area contributed by atoms with Crippen molar-refractivity contribution < 1.29 is 9.47 Å². The Morgan fingerprint density at radius 1 is 0.893 bits per heavy atom. The smallest absolute Gasteiger partial charge is 0.142 e. The Morgan fingerprint density at radius 3 is 2.50 bits per heavy atom. The molecule has 148 valence electrons. The number of imidazole rings is 1. The van der Waals surface area contributed by atoms with Crippen molar-refractivity contribution >= 4 is 16.7 Å². The highest BCUT2D eigenvalue weighted by atomic mass is 16.5. The molecule has 0 aliphatic carbocycles. The van der Waals surface area contributed by atoms with E-state index in [-0.39, 0.29) is 0 Å². The fourth-order valence-corrected chi connectivity index (χ4v) is 3.75. The van der Waals surface area contributed by atoms with Gasteiger partial charge in [-0.25, -0.2) is 4.98 Å². The van der Waals surface area contributed by atoms with Gasteiger partial charge in [0.2, 0.25) is 0 Å². The second-order valence-electron chi connectivity index (χ2n) is 7.04. The highest BCUT2D eigenvalue weighted by molar-refractivity contribution is 5.74. The Balaban J connectivity index is 1.17. The monoisotopic (exact) mass is 380 g/mol. The predicted molar refractivity (Wildman–Crippen MR) is 112 cm³/mol. The second-order valence-corrected chi connectivity index (χ2v) is 7.04. The van der Waals surface area contributed by atoms with Crippen molar-refractivity contribution in [2.75, 3.05) is 57.9 Å². The van der Waals surface area contributed by atoms with Crippen LogP contribution in [0.25, 0.3) is 11.0 Å². The van der Waals surface area contributed by atoms with Gasteiger partial charge in [0.05, 0.1) is 43.4 Å². The summed E-state index contributed by atoms with van der Waals surface area (Å²) >= 11 is 0. The zero-order chi connectivity index (χ0) is 19.2. The molecular formula is C22H28N4O2. The number of para-hydroxylation sites is 4. The molecule has 28 heavy (non-hydrogen) atoms. The SMILES string of the molecule is COc1ccccc1N1CCN(CCOCCn2cnc3ccccc32)CC1. The van der Waals surface area contributed by atoms with E-state index in [2.05, 4.69) is 37.5 Å². The van der Waals surface area contributed by atoms with Gasteiger partial charge in [-0.3, -0.25) is 4.90 Å². The van der Waals surface area contributed by atoms with Crippen molar-refractivity contribution in [3.05, 3.63) is 54.9 Å². The predicted octanol–water partition coefficient (Wildman–Crippen LogP) is 2.88. The van der Waals surface area contributed by atoms with E-state index in [1.807, 2.05) is 36.7 Å². The molecule has 0 atom stereocenters. The topological polar surface area (TPSA) is 42.8 Å². The molecular weight excluding hydrogens is 352 g/mol. The summed E-state index contributed by atoms with van der Waals surface area (Å²) in [6.45, 7) is 7.42. The van der Waals surface area contributed by atoms with Crippen LogP contribution in [-0.4, -0.2) is 67.5 Å². The lowest BCUT2D eigenvalue weighted by Gasteiger charge is -2.36. The zero-order valence-corrected chi connectivity index (χ0v) is 16.5. The number of hydrogen-bond acceptors (Lipinski definition) is 5. The van der Waals surface area contributed by atoms with Crippen LogP contribution in [0.1, 0.15) is 0 Å². The average Bonchev–Trinajstić information content (AvgIpc) is 3.17. The lowest BCUT2D eigenvalue weighted by molar-refractivity contribution is 0.0963. The first-order valence-corrected chi connectivity index (χ1v) is 9.93. The van der Waals surface area contributed by atoms with Gasteiger partial charge in [-0.2, -0.15) is 0 Å². The van der Waals surface area contributed by atoms with Gasteiger partial charge in [0.15, 0.2) is 0 Å². The number of piperazine rings is 1. The summed E-state index contributed by atoms with van der Waals surface area (Å²) in [5, 5.41) is 0. The van der Waals surface area contributed by atoms with E-state index in [4.69, 9.17) is 9.47 Å². The number of anilines is 1. The van der Waals surface area contributed by atoms with E-state index in [0.29, 0.717) is 6.61 Å². The van der Waals surface area contributed by atoms with Gasteiger partial charge in [0.1, 0.15) is 5.75 Å². The van der Waals surface area contributed by atoms with Crippen LogP contribution in [0, 0.1) is 0 Å². The molecule has 0 N–H and O–H groups in total. The molecule has 1 saturated heterocycles. The molecule has 1 fully saturated rings. The highest BCUT2D eigenvalue weighted by Gasteiger charge is 2.19. The van der Waals surface area contributed by atoms with Gasteiger partial charge in [-0.15, -0.1) is 0 Å². The fraction of sp³-hybridized carbons (Fsp3) is 0.409. The maximum Gasteiger partial charge on any atom is 0.142 e. The number of ether oxygens (including phenoxy) is 2. The van der Waals surface area contributed by atoms with E-state index in [1.165, 1.54) is 11.2 Å². The molecule has 6 heteroatoms. The molecule has 0 amide bonds. The standard InChI is InChI=1S/C22H28N4O2/c1-27-22-9-5-4-8-21(22)25-12-10-24(11-13-25)14-16-28-17-15-26-18-23-19-6-2-3-7-20(19)26/h2-9,18H,10-17H2,1H3. The quantitative estimate of drug-likeness (QED) is 0.562. The molecule has 1 aromatic heterocycles. The minimum absolute atomic E-state index is 0.710. The van der Waals surface area contributed by atoms with Gasteiger partial charge in [-0.05, 0) is 24.3 Å². The Kier molecular flexibility index (Phi) is 6.09. The lowest BCUT2D eigenvalue weighted by atomic mass is 10.2. The summed E-state index contributed by atoms with van der Waals surface area (Å²) in [5.74, 6) is 0.950. The average molecular weight is 380 g/mol. The zero-order valence-electron chi connectivity index (χ0n) is 16.5. The van der Waals surface area contributed by atoms with Gasteiger partial charge in [0.25, 0.3) is 0 Å². The largest absolute Gasteiger partial charge is 0.495 e. The Bertz CT molecular complexity index is 887. The van der Waals surface area contributed by atoms with Gasteiger partial charge >= 0.3 is 0 Å². The van der Waals surface area contributed by atoms with E-state index < -0.39 is 0 Å². The summed E-state index contributed by atoms with van der Waals surface area (Å²) in [7, 11) is 1.74. The summed E-state index contributed by atoms with van der Waals surface area (Å²) in [6, 6.07) is 16.5. The number of fused-ring (bicyclic) bond motifs is 1. The van der Waals surface area contributed by atoms with E-state index >= 15 is 0 Å². The third-order valence-electron chi connectivity index (χ3n) is 5.35. The van der Waals surface area contributed by atoms with Crippen LogP contribution >= 0.6 is 0 Å². The van der Waals surface area contributed by atoms with Crippen molar-refractivity contribution in [1.29, 1.82) is 0 Å². The first-order valence-electron chi connectivity index (χ1n) is 9.93. The highest BCUT2D eigenvalue weighted by Crippen LogP contribution is 2.28. The third kappa shape index (κ3) is 4.29. The maximum atomic E-state index is 5.88. The van der Waals surface area contributed by atoms with E-state index in [1.54, 1.807) is 7.11 Å². The summed E-state index contributed by atoms with van der Waals surface area (Å²) in [6.07, 6.45) is 1.89. The number of nitrogens with zero attached hydrogens (tertiary/aromatic N) is 4. The Hall–Kier alpha value is -2.57. The van der Waals surface area contributed by atoms with Crippen LogP contribution < -0.4 is 9.64 Å². The fourth-order valence-electron chi connectivity index (χ4n) is 3.75. The number of hydrogen-bond donors (Lipinski definition) is 0. The lowest BCUT2D eigenvalue weighted by Crippen LogP contribution is -2.47. The first-order chi connectivity index (χ1) is 13.8. The van der Waals surface area contributed by atoms with Crippen molar-refractivity contribution in [1.82, 2.24) is 14.5 Å². The molecule has 3 aromatic rings. The summed E-state index contributed by atoms with van der Waals surface area (Å²) < 4.78 is 13.5. The van der Waals surface area contributed by atoms with Crippen LogP contribution in [0.5, 0.6) is 5.75 Å². The number of aromatic nitrogens is 2. The molecule has 1 aliphatic heterocycles. The number of rotatable bonds is 8. The number of methoxy groups -OCH3 is 1. The van der Waals surface area contributed by atoms with Crippen molar-refractivity contribution in [3.8, 4) is 5.75 Å². The van der Waals surface area contributed by atoms with Gasteiger partial charge < -0.3 is 18.9 Å². The second kappa shape index (κ2) is 9.08. The molecule has 0 radical (unpaired) electrons. The minimum Gasteiger partial charge on any atom is -0.495 e. The van der Waals surface area contributed by atoms with Crippen LogP contribution in [0.15, 0.2) is 54.9 Å². The summed E-state index contributed by atoms with van der Waals surface area (Å²) in [5.41, 5.74) is 3.39. The Labute approximate surface area is 166 Å². The van der Waals surface area contributed by atoms with Gasteiger partial charge in [0, 0.05) is 39.3 Å². The van der Waals surface area contributed by atoms with Crippen molar-refractivity contribution in [2.24, 2.45) is 0 Å². The van der Waals surface area contributed by atoms with E-state index in [9.17, 15) is 0 Å². The molecule has 1 aliphatic rings. The summed E-state index contributed by atoms with van der Waals surface area (Å²) in [4.78, 5) is 9.29. The van der Waals surface area contributed by atoms with Gasteiger partial charge in [-0.1, -0.05) is 24.3 Å². The maximum absolute atomic E-state index is 5.88. The minimum atomic E-state index is 0.710. The van der Waals surface area contributed by atoms with Crippen molar-refractivity contribution in [3.63, 3.8) is 0 Å². The van der Waals surface area contributed by atoms with Crippen LogP contribution in [0.2, 0.25) is 0 Å². The molecule has 6 nitrogen and oxygen atoms in total. The van der Waals surface area contributed by atoms with Crippen molar-refractivity contribution in [2.45, 2.75) is 6.54 Å². The first kappa shape index (κ1) is 18.8. The molecule has 0 spiro atoms. The molecule has 0 saturated carbocycles. The normalized spacial score (nSPS) is 15.2. The molecule has 2 aromatic carbocycles. The molecule has 4 rings (SSSR count). The third-order valence-corrected chi connectivity index (χ3v) is 5.35. The molecule has 0 bridgehead atoms. The molecule has 2 heterocycles.